The molecule has 0 amide bonds. The van der Waals surface area contributed by atoms with Crippen LogP contribution in [0.25, 0.3) is 0 Å². The van der Waals surface area contributed by atoms with Gasteiger partial charge in [0.15, 0.2) is 42.7 Å². The smallest absolute Gasteiger partial charge is 0.347 e. The van der Waals surface area contributed by atoms with E-state index in [0.29, 0.717) is 0 Å². The molecule has 1 N–H and O–H groups in total. The molecule has 0 fully saturated rings. The molecule has 0 aromatic heterocycles. The van der Waals surface area contributed by atoms with Crippen molar-refractivity contribution < 1.29 is 81.4 Å². The quantitative estimate of drug-likeness (QED) is 0.168. The van der Waals surface area contributed by atoms with Crippen molar-refractivity contribution in [3.63, 3.8) is 0 Å². The normalized spacial score (nSPS) is 16.2. The summed E-state index contributed by atoms with van der Waals surface area (Å²) < 4.78 is 38.5. The summed E-state index contributed by atoms with van der Waals surface area (Å²) in [6, 6.07) is 0. The first-order valence-electron chi connectivity index (χ1n) is 13.1. The number of carbonyl (C=O) groups is 8. The summed E-state index contributed by atoms with van der Waals surface area (Å²) in [6.45, 7) is 10.7. The number of aliphatic hydroxyl groups excluding tert-OH is 1. The number of hydrogen-bond donors (Lipinski definition) is 1. The maximum Gasteiger partial charge on any atom is 0.347 e. The fourth-order valence-corrected chi connectivity index (χ4v) is 2.49. The highest BCUT2D eigenvalue weighted by Crippen LogP contribution is 2.09. The second-order valence-corrected chi connectivity index (χ2v) is 8.98. The average Bonchev–Trinajstić information content (AvgIpc) is 2.92. The fourth-order valence-electron chi connectivity index (χ4n) is 2.49. The molecule has 8 unspecified atom stereocenters. The van der Waals surface area contributed by atoms with E-state index in [-0.39, 0.29) is 6.61 Å². The van der Waals surface area contributed by atoms with Crippen molar-refractivity contribution in [1.29, 1.82) is 0 Å². The summed E-state index contributed by atoms with van der Waals surface area (Å²) in [7, 11) is 0. The van der Waals surface area contributed by atoms with Crippen LogP contribution in [0.4, 0.5) is 0 Å². The Hall–Kier alpha value is -4.28. The molecular weight excluding hydrogens is 584 g/mol. The molecule has 0 radical (unpaired) electrons. The molecule has 17 heteroatoms. The number of carbonyl (C=O) groups excluding carboxylic acids is 8. The molecule has 43 heavy (non-hydrogen) atoms. The molecule has 244 valence electrons. The Labute approximate surface area is 247 Å². The van der Waals surface area contributed by atoms with Crippen LogP contribution in [0.1, 0.15) is 62.3 Å². The minimum Gasteiger partial charge on any atom is -0.463 e. The van der Waals surface area contributed by atoms with Crippen molar-refractivity contribution in [2.45, 2.75) is 111 Å². The minimum absolute atomic E-state index is 0.0650. The van der Waals surface area contributed by atoms with Crippen molar-refractivity contribution in [3.8, 4) is 0 Å². The summed E-state index contributed by atoms with van der Waals surface area (Å²) in [5.74, 6) is -8.80. The molecule has 17 nitrogen and oxygen atoms in total. The zero-order valence-electron chi connectivity index (χ0n) is 25.3. The molecule has 0 bridgehead atoms. The summed E-state index contributed by atoms with van der Waals surface area (Å²) in [5, 5.41) is 9.12. The molecule has 0 aliphatic heterocycles. The number of rotatable bonds is 16. The predicted octanol–water partition coefficient (Wildman–Crippen LogP) is -0.548. The Morgan fingerprint density at radius 2 is 0.581 bits per heavy atom. The number of aliphatic hydroxyl groups is 1. The predicted molar refractivity (Wildman–Crippen MR) is 137 cm³/mol. The first kappa shape index (κ1) is 38.7. The van der Waals surface area contributed by atoms with Crippen LogP contribution in [0, 0.1) is 0 Å². The Morgan fingerprint density at radius 1 is 0.395 bits per heavy atom. The van der Waals surface area contributed by atoms with Gasteiger partial charge in [-0.15, -0.1) is 0 Å². The van der Waals surface area contributed by atoms with Gasteiger partial charge in [0.05, 0.1) is 6.61 Å². The molecule has 0 spiro atoms. The topological polar surface area (TPSA) is 231 Å². The van der Waals surface area contributed by atoms with Crippen LogP contribution >= 0.6 is 0 Å². The maximum absolute atomic E-state index is 12.3. The van der Waals surface area contributed by atoms with Crippen molar-refractivity contribution >= 4 is 47.8 Å². The molecule has 0 aromatic rings. The first-order chi connectivity index (χ1) is 19.8. The van der Waals surface area contributed by atoms with Crippen LogP contribution < -0.4 is 0 Å². The molecule has 0 saturated carbocycles. The highest BCUT2D eigenvalue weighted by molar-refractivity contribution is 5.87. The Bertz CT molecular complexity index is 1030. The van der Waals surface area contributed by atoms with E-state index in [4.69, 9.17) is 38.3 Å². The second-order valence-electron chi connectivity index (χ2n) is 8.98. The molecule has 0 aliphatic rings. The lowest BCUT2D eigenvalue weighted by atomic mass is 10.3. The number of esters is 8. The third-order valence-corrected chi connectivity index (χ3v) is 5.00. The van der Waals surface area contributed by atoms with E-state index in [1.54, 1.807) is 6.92 Å². The lowest BCUT2D eigenvalue weighted by Crippen LogP contribution is -2.39. The van der Waals surface area contributed by atoms with E-state index in [9.17, 15) is 38.4 Å². The van der Waals surface area contributed by atoms with Crippen LogP contribution in [-0.4, -0.2) is 108 Å². The largest absolute Gasteiger partial charge is 0.463 e. The third-order valence-electron chi connectivity index (χ3n) is 5.00. The molecular formula is C26H38O17. The van der Waals surface area contributed by atoms with Gasteiger partial charge in [0, 0.05) is 0 Å². The van der Waals surface area contributed by atoms with Gasteiger partial charge in [-0.2, -0.15) is 0 Å². The van der Waals surface area contributed by atoms with E-state index >= 15 is 0 Å². The Kier molecular flexibility index (Phi) is 16.5. The van der Waals surface area contributed by atoms with Gasteiger partial charge in [-0.1, -0.05) is 0 Å². The van der Waals surface area contributed by atoms with E-state index in [0.717, 1.165) is 48.5 Å². The third kappa shape index (κ3) is 14.0. The van der Waals surface area contributed by atoms with E-state index in [1.807, 2.05) is 0 Å². The second kappa shape index (κ2) is 18.3. The lowest BCUT2D eigenvalue weighted by molar-refractivity contribution is -0.189. The molecule has 0 aromatic carbocycles. The van der Waals surface area contributed by atoms with Crippen LogP contribution in [0.5, 0.6) is 0 Å². The Balaban J connectivity index is 4.78. The molecule has 0 rings (SSSR count). The van der Waals surface area contributed by atoms with E-state index < -0.39 is 96.6 Å². The van der Waals surface area contributed by atoms with Gasteiger partial charge in [0.1, 0.15) is 6.10 Å². The van der Waals surface area contributed by atoms with Crippen LogP contribution in [-0.2, 0) is 76.3 Å². The van der Waals surface area contributed by atoms with Crippen molar-refractivity contribution in [2.24, 2.45) is 0 Å². The van der Waals surface area contributed by atoms with Gasteiger partial charge in [-0.3, -0.25) is 0 Å². The van der Waals surface area contributed by atoms with E-state index in [2.05, 4.69) is 4.74 Å². The Morgan fingerprint density at radius 3 is 0.767 bits per heavy atom. The van der Waals surface area contributed by atoms with Gasteiger partial charge in [-0.05, 0) is 62.3 Å². The molecule has 0 saturated heterocycles. The zero-order chi connectivity index (χ0) is 33.6. The number of ether oxygens (including phenoxy) is 8. The van der Waals surface area contributed by atoms with Crippen molar-refractivity contribution in [3.05, 3.63) is 0 Å². The molecule has 0 aliphatic carbocycles. The zero-order valence-corrected chi connectivity index (χ0v) is 25.3. The maximum atomic E-state index is 12.3. The summed E-state index contributed by atoms with van der Waals surface area (Å²) in [6.07, 6.45) is -11.9. The van der Waals surface area contributed by atoms with Gasteiger partial charge in [-0.25, -0.2) is 38.4 Å². The number of hydrogen-bond acceptors (Lipinski definition) is 17. The highest BCUT2D eigenvalue weighted by Gasteiger charge is 2.33. The van der Waals surface area contributed by atoms with Gasteiger partial charge in [0.2, 0.25) is 0 Å². The first-order valence-corrected chi connectivity index (χ1v) is 13.1. The van der Waals surface area contributed by atoms with Crippen molar-refractivity contribution in [2.75, 3.05) is 6.61 Å². The summed E-state index contributed by atoms with van der Waals surface area (Å²) in [4.78, 5) is 95.9. The molecule has 0 heterocycles. The average molecular weight is 623 g/mol. The lowest BCUT2D eigenvalue weighted by Gasteiger charge is -2.21. The fraction of sp³-hybridized carbons (Fsp3) is 0.692. The van der Waals surface area contributed by atoms with Crippen LogP contribution in [0.15, 0.2) is 0 Å². The van der Waals surface area contributed by atoms with E-state index in [1.165, 1.54) is 6.92 Å². The van der Waals surface area contributed by atoms with Crippen LogP contribution in [0.2, 0.25) is 0 Å². The van der Waals surface area contributed by atoms with Gasteiger partial charge >= 0.3 is 47.8 Å². The highest BCUT2D eigenvalue weighted by atomic mass is 16.7. The standard InChI is InChI=1S/C26H38O17/c1-10-36-20(29)12(3)38-22(31)14(5)40-24(33)16(7)42-26(35)18(9)43-25(34)17(8)41-23(32)15(6)39-21(30)13(4)37-19(28)11(2)27/h11-18,27H,10H2,1-9H3. The van der Waals surface area contributed by atoms with Gasteiger partial charge < -0.3 is 43.0 Å². The SMILES string of the molecule is CCOC(=O)C(C)OC(=O)C(C)OC(=O)C(C)OC(=O)C(C)OC(=O)C(C)OC(=O)C(C)OC(=O)C(C)OC(=O)C(C)O. The summed E-state index contributed by atoms with van der Waals surface area (Å²) >= 11 is 0. The van der Waals surface area contributed by atoms with Crippen LogP contribution in [0.3, 0.4) is 0 Å². The minimum atomic E-state index is -1.59. The molecule has 8 atom stereocenters. The summed E-state index contributed by atoms with van der Waals surface area (Å²) in [5.41, 5.74) is 0. The monoisotopic (exact) mass is 622 g/mol. The van der Waals surface area contributed by atoms with Crippen molar-refractivity contribution in [1.82, 2.24) is 0 Å². The van der Waals surface area contributed by atoms with Gasteiger partial charge in [0.25, 0.3) is 0 Å².